The summed E-state index contributed by atoms with van der Waals surface area (Å²) in [5.74, 6) is -0.664. The van der Waals surface area contributed by atoms with Gasteiger partial charge in [0, 0.05) is 0 Å². The molecule has 164 valence electrons. The molecule has 0 spiro atoms. The van der Waals surface area contributed by atoms with Crippen molar-refractivity contribution in [3.8, 4) is 0 Å². The first-order valence-electron chi connectivity index (χ1n) is 9.31. The Kier molecular flexibility index (Phi) is 9.24. The zero-order valence-corrected chi connectivity index (χ0v) is 18.7. The number of carbonyl (C=O) groups is 3. The van der Waals surface area contributed by atoms with E-state index in [1.165, 1.54) is 0 Å². The zero-order chi connectivity index (χ0) is 21.0. The van der Waals surface area contributed by atoms with Crippen molar-refractivity contribution in [2.45, 2.75) is 103 Å². The highest BCUT2D eigenvalue weighted by Gasteiger charge is 2.36. The number of hydrogen-bond donors (Lipinski definition) is 2. The summed E-state index contributed by atoms with van der Waals surface area (Å²) in [5, 5.41) is 2.53. The predicted octanol–water partition coefficient (Wildman–Crippen LogP) is 2.85. The summed E-state index contributed by atoms with van der Waals surface area (Å²) in [7, 11) is 0. The first-order valence-corrected chi connectivity index (χ1v) is 9.31. The number of nitrogens with one attached hydrogen (secondary N) is 1. The average molecular weight is 423 g/mol. The van der Waals surface area contributed by atoms with Crippen LogP contribution in [-0.4, -0.2) is 46.9 Å². The molecule has 2 aliphatic rings. The van der Waals surface area contributed by atoms with Gasteiger partial charge in [0.1, 0.15) is 28.9 Å². The summed E-state index contributed by atoms with van der Waals surface area (Å²) in [6.07, 6.45) is 2.31. The molecule has 9 heteroatoms. The summed E-state index contributed by atoms with van der Waals surface area (Å²) in [5.41, 5.74) is 4.12. The second-order valence-electron chi connectivity index (χ2n) is 9.24. The predicted molar refractivity (Wildman–Crippen MR) is 107 cm³/mol. The minimum absolute atomic E-state index is 0. The van der Waals surface area contributed by atoms with Crippen molar-refractivity contribution in [2.75, 3.05) is 0 Å². The van der Waals surface area contributed by atoms with Gasteiger partial charge in [-0.05, 0) is 74.1 Å². The monoisotopic (exact) mass is 422 g/mol. The number of rotatable bonds is 1. The number of esters is 2. The topological polar surface area (TPSA) is 117 Å². The fourth-order valence-corrected chi connectivity index (χ4v) is 2.61. The van der Waals surface area contributed by atoms with Crippen LogP contribution in [0, 0.1) is 0 Å². The third-order valence-corrected chi connectivity index (χ3v) is 4.12. The molecule has 2 rings (SSSR count). The highest BCUT2D eigenvalue weighted by atomic mass is 35.5. The lowest BCUT2D eigenvalue weighted by atomic mass is 9.95. The molecule has 0 bridgehead atoms. The fraction of sp³-hybridized carbons (Fsp3) is 0.842. The molecule has 0 unspecified atom stereocenters. The van der Waals surface area contributed by atoms with E-state index in [9.17, 15) is 14.4 Å². The Balaban J connectivity index is 0.000000567. The Labute approximate surface area is 173 Å². The number of carbonyl (C=O) groups excluding carboxylic acids is 3. The molecule has 0 aliphatic carbocycles. The summed E-state index contributed by atoms with van der Waals surface area (Å²) in [4.78, 5) is 34.0. The SMILES string of the molecule is CC(C)(C)OC(=O)N[C@H]1CCC(C)(C)OC1=O.CC1(C)CC[C@H](N)C(=O)O1.Cl. The quantitative estimate of drug-likeness (QED) is 0.492. The van der Waals surface area contributed by atoms with E-state index >= 15 is 0 Å². The van der Waals surface area contributed by atoms with Gasteiger partial charge in [-0.15, -0.1) is 12.4 Å². The summed E-state index contributed by atoms with van der Waals surface area (Å²) in [6, 6.07) is -0.995. The first-order chi connectivity index (χ1) is 12.1. The van der Waals surface area contributed by atoms with Crippen LogP contribution >= 0.6 is 12.4 Å². The highest BCUT2D eigenvalue weighted by Crippen LogP contribution is 2.25. The minimum atomic E-state index is -0.599. The zero-order valence-electron chi connectivity index (χ0n) is 17.9. The van der Waals surface area contributed by atoms with Gasteiger partial charge < -0.3 is 25.3 Å². The molecule has 0 aromatic rings. The molecule has 2 aliphatic heterocycles. The lowest BCUT2D eigenvalue weighted by Crippen LogP contribution is -2.50. The molecule has 0 aromatic carbocycles. The van der Waals surface area contributed by atoms with E-state index in [4.69, 9.17) is 19.9 Å². The maximum atomic E-state index is 11.6. The Bertz CT molecular complexity index is 571. The molecule has 2 heterocycles. The van der Waals surface area contributed by atoms with Crippen LogP contribution in [0.4, 0.5) is 4.79 Å². The standard InChI is InChI=1S/C12H21NO4.C7H13NO2.ClH/c1-11(2,3)17-10(15)13-8-6-7-12(4,5)16-9(8)14;1-7(2)4-3-5(8)6(9)10-7;/h8H,6-7H2,1-5H3,(H,13,15);5H,3-4,8H2,1-2H3;1H/t8-;5-;/m00./s1. The second-order valence-corrected chi connectivity index (χ2v) is 9.24. The number of alkyl carbamates (subject to hydrolysis) is 1. The number of ether oxygens (including phenoxy) is 3. The van der Waals surface area contributed by atoms with Gasteiger partial charge in [0.15, 0.2) is 0 Å². The van der Waals surface area contributed by atoms with Crippen molar-refractivity contribution in [2.24, 2.45) is 5.73 Å². The lowest BCUT2D eigenvalue weighted by Gasteiger charge is -2.34. The molecule has 0 saturated carbocycles. The lowest BCUT2D eigenvalue weighted by molar-refractivity contribution is -0.166. The van der Waals surface area contributed by atoms with Crippen molar-refractivity contribution >= 4 is 30.4 Å². The van der Waals surface area contributed by atoms with Gasteiger partial charge in [-0.3, -0.25) is 4.79 Å². The minimum Gasteiger partial charge on any atom is -0.459 e. The molecule has 3 N–H and O–H groups in total. The van der Waals surface area contributed by atoms with Crippen molar-refractivity contribution in [3.05, 3.63) is 0 Å². The highest BCUT2D eigenvalue weighted by molar-refractivity contribution is 5.85. The summed E-state index contributed by atoms with van der Waals surface area (Å²) < 4.78 is 15.3. The van der Waals surface area contributed by atoms with Gasteiger partial charge in [0.2, 0.25) is 0 Å². The first kappa shape index (κ1) is 26.5. The van der Waals surface area contributed by atoms with Gasteiger partial charge >= 0.3 is 18.0 Å². The third-order valence-electron chi connectivity index (χ3n) is 4.12. The molecule has 0 radical (unpaired) electrons. The molecule has 0 aromatic heterocycles. The Hall–Kier alpha value is -1.54. The Morgan fingerprint density at radius 2 is 1.50 bits per heavy atom. The van der Waals surface area contributed by atoms with Crippen molar-refractivity contribution in [1.29, 1.82) is 0 Å². The van der Waals surface area contributed by atoms with Crippen molar-refractivity contribution in [1.82, 2.24) is 5.32 Å². The van der Waals surface area contributed by atoms with Gasteiger partial charge in [-0.2, -0.15) is 0 Å². The summed E-state index contributed by atoms with van der Waals surface area (Å²) in [6.45, 7) is 12.8. The van der Waals surface area contributed by atoms with Crippen LogP contribution in [-0.2, 0) is 23.8 Å². The molecule has 28 heavy (non-hydrogen) atoms. The molecule has 2 fully saturated rings. The molecule has 2 atom stereocenters. The van der Waals surface area contributed by atoms with Crippen LogP contribution in [0.25, 0.3) is 0 Å². The number of halogens is 1. The van der Waals surface area contributed by atoms with Gasteiger partial charge in [-0.25, -0.2) is 9.59 Å². The normalized spacial score (nSPS) is 25.7. The smallest absolute Gasteiger partial charge is 0.408 e. The van der Waals surface area contributed by atoms with Crippen LogP contribution in [0.1, 0.15) is 74.1 Å². The Morgan fingerprint density at radius 1 is 1.04 bits per heavy atom. The maximum absolute atomic E-state index is 11.6. The van der Waals surface area contributed by atoms with Crippen LogP contribution in [0.3, 0.4) is 0 Å². The van der Waals surface area contributed by atoms with Crippen LogP contribution in [0.15, 0.2) is 0 Å². The van der Waals surface area contributed by atoms with E-state index in [0.717, 1.165) is 19.3 Å². The van der Waals surface area contributed by atoms with E-state index in [2.05, 4.69) is 5.32 Å². The van der Waals surface area contributed by atoms with E-state index in [0.29, 0.717) is 6.42 Å². The molecular weight excluding hydrogens is 388 g/mol. The van der Waals surface area contributed by atoms with Gasteiger partial charge in [-0.1, -0.05) is 0 Å². The largest absolute Gasteiger partial charge is 0.459 e. The van der Waals surface area contributed by atoms with Crippen LogP contribution in [0.5, 0.6) is 0 Å². The number of nitrogens with two attached hydrogens (primary N) is 1. The Morgan fingerprint density at radius 3 is 1.89 bits per heavy atom. The van der Waals surface area contributed by atoms with E-state index < -0.39 is 35.3 Å². The molecule has 2 saturated heterocycles. The van der Waals surface area contributed by atoms with Gasteiger partial charge in [0.25, 0.3) is 0 Å². The number of amides is 1. The molecular formula is C19H35ClN2O6. The fourth-order valence-electron chi connectivity index (χ4n) is 2.61. The van der Waals surface area contributed by atoms with Gasteiger partial charge in [0.05, 0.1) is 0 Å². The maximum Gasteiger partial charge on any atom is 0.408 e. The van der Waals surface area contributed by atoms with Crippen molar-refractivity contribution < 1.29 is 28.6 Å². The second kappa shape index (κ2) is 9.78. The van der Waals surface area contributed by atoms with Crippen LogP contribution in [0.2, 0.25) is 0 Å². The molecule has 1 amide bonds. The van der Waals surface area contributed by atoms with Crippen molar-refractivity contribution in [3.63, 3.8) is 0 Å². The molecule has 8 nitrogen and oxygen atoms in total. The van der Waals surface area contributed by atoms with E-state index in [1.807, 2.05) is 27.7 Å². The summed E-state index contributed by atoms with van der Waals surface area (Å²) >= 11 is 0. The number of cyclic esters (lactones) is 2. The third kappa shape index (κ3) is 9.59. The average Bonchev–Trinajstić information content (AvgIpc) is 2.44. The van der Waals surface area contributed by atoms with E-state index in [1.54, 1.807) is 20.8 Å². The van der Waals surface area contributed by atoms with Crippen LogP contribution < -0.4 is 11.1 Å². The number of hydrogen-bond acceptors (Lipinski definition) is 7. The van der Waals surface area contributed by atoms with E-state index in [-0.39, 0.29) is 24.0 Å².